The van der Waals surface area contributed by atoms with E-state index in [1.54, 1.807) is 0 Å². The molecule has 0 radical (unpaired) electrons. The van der Waals surface area contributed by atoms with Crippen LogP contribution in [0.25, 0.3) is 64.7 Å². The van der Waals surface area contributed by atoms with Gasteiger partial charge in [0.25, 0.3) is 0 Å². The van der Waals surface area contributed by atoms with Gasteiger partial charge in [0.1, 0.15) is 0 Å². The van der Waals surface area contributed by atoms with Crippen molar-refractivity contribution < 1.29 is 0 Å². The molecule has 7 rings (SSSR count). The largest absolute Gasteiger partial charge is 0.134 e. The third kappa shape index (κ3) is 3.83. The SMILES string of the molecule is Clc1ccc(-c2c(-c3ccccc3)c3sc(-c4ccccc4)c(-c4ccccc4)c3c3ccccc23)cc1. The molecule has 1 heterocycles. The van der Waals surface area contributed by atoms with Crippen molar-refractivity contribution in [3.8, 4) is 43.8 Å². The predicted octanol–water partition coefficient (Wildman–Crippen LogP) is 11.4. The normalized spacial score (nSPS) is 11.3. The third-order valence-corrected chi connectivity index (χ3v) is 8.65. The Labute approximate surface area is 231 Å². The van der Waals surface area contributed by atoms with Crippen LogP contribution in [0.5, 0.6) is 0 Å². The van der Waals surface area contributed by atoms with Crippen LogP contribution in [0, 0.1) is 0 Å². The van der Waals surface area contributed by atoms with Gasteiger partial charge in [-0.25, -0.2) is 0 Å². The van der Waals surface area contributed by atoms with Crippen LogP contribution >= 0.6 is 22.9 Å². The molecule has 0 saturated heterocycles. The van der Waals surface area contributed by atoms with Crippen molar-refractivity contribution in [1.29, 1.82) is 0 Å². The number of hydrogen-bond acceptors (Lipinski definition) is 1. The van der Waals surface area contributed by atoms with Gasteiger partial charge in [0.05, 0.1) is 0 Å². The smallest absolute Gasteiger partial charge is 0.0446 e. The third-order valence-electron chi connectivity index (χ3n) is 7.14. The standard InChI is InChI=1S/C36H23ClS/c37-28-22-20-26(21-23-28)31-29-18-10-11-19-30(29)34-33(25-14-6-2-7-15-25)35(27-16-8-3-9-17-27)38-36(34)32(31)24-12-4-1-5-13-24/h1-23H. The zero-order valence-electron chi connectivity index (χ0n) is 20.6. The fraction of sp³-hybridized carbons (Fsp3) is 0. The summed E-state index contributed by atoms with van der Waals surface area (Å²) in [5, 5.41) is 4.57. The summed E-state index contributed by atoms with van der Waals surface area (Å²) in [7, 11) is 0. The molecule has 0 N–H and O–H groups in total. The van der Waals surface area contributed by atoms with Gasteiger partial charge < -0.3 is 0 Å². The van der Waals surface area contributed by atoms with Gasteiger partial charge in [-0.15, -0.1) is 11.3 Å². The van der Waals surface area contributed by atoms with E-state index in [0.717, 1.165) is 5.02 Å². The molecule has 0 bridgehead atoms. The molecule has 0 spiro atoms. The number of benzene rings is 6. The highest BCUT2D eigenvalue weighted by molar-refractivity contribution is 7.23. The minimum absolute atomic E-state index is 0.745. The van der Waals surface area contributed by atoms with Crippen molar-refractivity contribution in [2.24, 2.45) is 0 Å². The summed E-state index contributed by atoms with van der Waals surface area (Å²) >= 11 is 8.23. The van der Waals surface area contributed by atoms with Gasteiger partial charge >= 0.3 is 0 Å². The van der Waals surface area contributed by atoms with Crippen LogP contribution in [-0.4, -0.2) is 0 Å². The first kappa shape index (κ1) is 23.0. The maximum atomic E-state index is 6.33. The van der Waals surface area contributed by atoms with Gasteiger partial charge in [0.15, 0.2) is 0 Å². The van der Waals surface area contributed by atoms with E-state index in [9.17, 15) is 0 Å². The second kappa shape index (κ2) is 9.61. The molecule has 2 heteroatoms. The maximum Gasteiger partial charge on any atom is 0.0446 e. The Kier molecular flexibility index (Phi) is 5.81. The van der Waals surface area contributed by atoms with Gasteiger partial charge in [0, 0.05) is 31.1 Å². The van der Waals surface area contributed by atoms with E-state index in [1.165, 1.54) is 64.7 Å². The summed E-state index contributed by atoms with van der Waals surface area (Å²) in [5.74, 6) is 0. The molecule has 1 aromatic heterocycles. The van der Waals surface area contributed by atoms with E-state index in [-0.39, 0.29) is 0 Å². The Morgan fingerprint density at radius 3 is 1.47 bits per heavy atom. The zero-order chi connectivity index (χ0) is 25.5. The molecule has 0 saturated carbocycles. The Balaban J connectivity index is 1.73. The summed E-state index contributed by atoms with van der Waals surface area (Å²) in [6.07, 6.45) is 0. The number of hydrogen-bond donors (Lipinski definition) is 0. The maximum absolute atomic E-state index is 6.33. The summed E-state index contributed by atoms with van der Waals surface area (Å²) in [4.78, 5) is 1.29. The lowest BCUT2D eigenvalue weighted by atomic mass is 9.86. The predicted molar refractivity (Wildman–Crippen MR) is 166 cm³/mol. The highest BCUT2D eigenvalue weighted by atomic mass is 35.5. The van der Waals surface area contributed by atoms with E-state index in [1.807, 2.05) is 23.5 Å². The topological polar surface area (TPSA) is 0 Å². The molecule has 0 aliphatic heterocycles. The second-order valence-corrected chi connectivity index (χ2v) is 10.9. The first-order valence-corrected chi connectivity index (χ1v) is 13.9. The fourth-order valence-electron chi connectivity index (χ4n) is 5.50. The van der Waals surface area contributed by atoms with Crippen molar-refractivity contribution in [2.45, 2.75) is 0 Å². The van der Waals surface area contributed by atoms with E-state index < -0.39 is 0 Å². The molecule has 0 aliphatic carbocycles. The molecule has 38 heavy (non-hydrogen) atoms. The fourth-order valence-corrected chi connectivity index (χ4v) is 7.04. The Morgan fingerprint density at radius 2 is 0.868 bits per heavy atom. The molecule has 0 unspecified atom stereocenters. The van der Waals surface area contributed by atoms with E-state index in [4.69, 9.17) is 11.6 Å². The molecular formula is C36H23ClS. The summed E-state index contributed by atoms with van der Waals surface area (Å²) in [6, 6.07) is 49.5. The monoisotopic (exact) mass is 522 g/mol. The number of rotatable bonds is 4. The summed E-state index contributed by atoms with van der Waals surface area (Å²) in [5.41, 5.74) is 8.68. The van der Waals surface area contributed by atoms with E-state index in [0.29, 0.717) is 0 Å². The molecule has 0 fully saturated rings. The quantitative estimate of drug-likeness (QED) is 0.215. The number of halogens is 1. The van der Waals surface area contributed by atoms with E-state index in [2.05, 4.69) is 127 Å². The molecule has 0 atom stereocenters. The number of thiophene rings is 1. The van der Waals surface area contributed by atoms with Crippen LogP contribution in [0.15, 0.2) is 140 Å². The first-order valence-electron chi connectivity index (χ1n) is 12.7. The highest BCUT2D eigenvalue weighted by Gasteiger charge is 2.24. The van der Waals surface area contributed by atoms with Crippen LogP contribution < -0.4 is 0 Å². The highest BCUT2D eigenvalue weighted by Crippen LogP contribution is 2.54. The minimum atomic E-state index is 0.745. The Morgan fingerprint density at radius 1 is 0.395 bits per heavy atom. The lowest BCUT2D eigenvalue weighted by Crippen LogP contribution is -1.90. The van der Waals surface area contributed by atoms with Crippen molar-refractivity contribution in [2.75, 3.05) is 0 Å². The van der Waals surface area contributed by atoms with Crippen molar-refractivity contribution >= 4 is 43.8 Å². The van der Waals surface area contributed by atoms with Gasteiger partial charge in [-0.1, -0.05) is 139 Å². The Bertz CT molecular complexity index is 1890. The van der Waals surface area contributed by atoms with E-state index >= 15 is 0 Å². The molecule has 6 aromatic carbocycles. The minimum Gasteiger partial charge on any atom is -0.134 e. The molecule has 0 amide bonds. The summed E-state index contributed by atoms with van der Waals surface area (Å²) in [6.45, 7) is 0. The van der Waals surface area contributed by atoms with Gasteiger partial charge in [-0.3, -0.25) is 0 Å². The molecule has 0 nitrogen and oxygen atoms in total. The van der Waals surface area contributed by atoms with Crippen LogP contribution in [0.3, 0.4) is 0 Å². The van der Waals surface area contributed by atoms with Crippen LogP contribution in [0.1, 0.15) is 0 Å². The second-order valence-electron chi connectivity index (χ2n) is 9.41. The van der Waals surface area contributed by atoms with Crippen molar-refractivity contribution in [3.63, 3.8) is 0 Å². The van der Waals surface area contributed by atoms with Crippen molar-refractivity contribution in [1.82, 2.24) is 0 Å². The molecule has 0 aliphatic rings. The van der Waals surface area contributed by atoms with Crippen LogP contribution in [-0.2, 0) is 0 Å². The van der Waals surface area contributed by atoms with Crippen molar-refractivity contribution in [3.05, 3.63) is 145 Å². The molecule has 7 aromatic rings. The van der Waals surface area contributed by atoms with Gasteiger partial charge in [-0.05, 0) is 50.7 Å². The Hall–Kier alpha value is -4.17. The first-order chi connectivity index (χ1) is 18.8. The number of fused-ring (bicyclic) bond motifs is 3. The molecule has 180 valence electrons. The summed E-state index contributed by atoms with van der Waals surface area (Å²) < 4.78 is 1.30. The van der Waals surface area contributed by atoms with Crippen LogP contribution in [0.4, 0.5) is 0 Å². The molecular weight excluding hydrogens is 500 g/mol. The average molecular weight is 523 g/mol. The lowest BCUT2D eigenvalue weighted by Gasteiger charge is -2.17. The van der Waals surface area contributed by atoms with Gasteiger partial charge in [-0.2, -0.15) is 0 Å². The average Bonchev–Trinajstić information content (AvgIpc) is 3.39. The lowest BCUT2D eigenvalue weighted by molar-refractivity contribution is 1.63. The van der Waals surface area contributed by atoms with Gasteiger partial charge in [0.2, 0.25) is 0 Å². The van der Waals surface area contributed by atoms with Crippen LogP contribution in [0.2, 0.25) is 5.02 Å². The zero-order valence-corrected chi connectivity index (χ0v) is 22.1.